The zero-order chi connectivity index (χ0) is 15.7. The number of alkyl halides is 6. The summed E-state index contributed by atoms with van der Waals surface area (Å²) in [5.41, 5.74) is -1.37. The Morgan fingerprint density at radius 3 is 2.05 bits per heavy atom. The van der Waals surface area contributed by atoms with Gasteiger partial charge in [-0.25, -0.2) is 0 Å². The summed E-state index contributed by atoms with van der Waals surface area (Å²) in [4.78, 5) is 3.24. The maximum absolute atomic E-state index is 12.5. The molecular weight excluding hydrogens is 296 g/mol. The molecule has 1 radical (unpaired) electrons. The number of pyridine rings is 1. The number of halogens is 6. The highest BCUT2D eigenvalue weighted by molar-refractivity contribution is 5.38. The molecule has 0 N–H and O–H groups in total. The molecule has 21 heavy (non-hydrogen) atoms. The minimum absolute atomic E-state index is 0.228. The topological polar surface area (TPSA) is 12.9 Å². The first-order valence-corrected chi connectivity index (χ1v) is 5.71. The Hall–Kier alpha value is -2.05. The first kappa shape index (κ1) is 15.3. The third-order valence-electron chi connectivity index (χ3n) is 2.62. The fraction of sp³-hybridized carbons (Fsp3) is 0.143. The standard InChI is InChI=1S/C14H8F6N/c15-13(16,17)11-3-1-2-9(7-11)6-10-4-5-12(21-8-10)14(18,19)20/h1-8H. The molecule has 1 aromatic heterocycles. The molecule has 0 aliphatic carbocycles. The van der Waals surface area contributed by atoms with Crippen LogP contribution in [0.3, 0.4) is 0 Å². The fourth-order valence-electron chi connectivity index (χ4n) is 1.66. The molecule has 0 amide bonds. The van der Waals surface area contributed by atoms with Gasteiger partial charge < -0.3 is 0 Å². The summed E-state index contributed by atoms with van der Waals surface area (Å²) in [6, 6.07) is 6.41. The molecule has 1 heterocycles. The monoisotopic (exact) mass is 304 g/mol. The molecular formula is C14H8F6N. The summed E-state index contributed by atoms with van der Waals surface area (Å²) in [6.45, 7) is 0. The molecule has 1 aromatic carbocycles. The minimum Gasteiger partial charge on any atom is -0.251 e. The number of nitrogens with zero attached hydrogens (tertiary/aromatic N) is 1. The minimum atomic E-state index is -4.55. The zero-order valence-electron chi connectivity index (χ0n) is 10.3. The molecule has 7 heteroatoms. The highest BCUT2D eigenvalue weighted by Crippen LogP contribution is 2.31. The van der Waals surface area contributed by atoms with Gasteiger partial charge in [0, 0.05) is 12.6 Å². The summed E-state index contributed by atoms with van der Waals surface area (Å²) in [5.74, 6) is 0. The van der Waals surface area contributed by atoms with Crippen LogP contribution in [-0.4, -0.2) is 4.98 Å². The van der Waals surface area contributed by atoms with Gasteiger partial charge in [-0.1, -0.05) is 24.3 Å². The number of hydrogen-bond donors (Lipinski definition) is 0. The molecule has 0 atom stereocenters. The third-order valence-corrected chi connectivity index (χ3v) is 2.62. The summed E-state index contributed by atoms with van der Waals surface area (Å²) in [6.07, 6.45) is -6.73. The van der Waals surface area contributed by atoms with E-state index in [1.807, 2.05) is 0 Å². The predicted octanol–water partition coefficient (Wildman–Crippen LogP) is 4.72. The van der Waals surface area contributed by atoms with Crippen LogP contribution in [-0.2, 0) is 12.4 Å². The molecule has 0 saturated heterocycles. The van der Waals surface area contributed by atoms with Gasteiger partial charge in [0.1, 0.15) is 5.69 Å². The molecule has 2 rings (SSSR count). The van der Waals surface area contributed by atoms with Crippen LogP contribution in [0.25, 0.3) is 0 Å². The van der Waals surface area contributed by atoms with Crippen LogP contribution in [0.4, 0.5) is 26.3 Å². The smallest absolute Gasteiger partial charge is 0.251 e. The van der Waals surface area contributed by atoms with Crippen LogP contribution >= 0.6 is 0 Å². The van der Waals surface area contributed by atoms with Crippen molar-refractivity contribution in [3.05, 3.63) is 71.4 Å². The van der Waals surface area contributed by atoms with Crippen LogP contribution in [0.15, 0.2) is 42.6 Å². The van der Waals surface area contributed by atoms with E-state index in [0.717, 1.165) is 30.5 Å². The average molecular weight is 304 g/mol. The third kappa shape index (κ3) is 3.96. The Morgan fingerprint density at radius 2 is 1.52 bits per heavy atom. The van der Waals surface area contributed by atoms with Gasteiger partial charge in [0.2, 0.25) is 0 Å². The molecule has 0 fully saturated rings. The van der Waals surface area contributed by atoms with E-state index in [9.17, 15) is 26.3 Å². The van der Waals surface area contributed by atoms with E-state index in [1.165, 1.54) is 18.6 Å². The summed E-state index contributed by atoms with van der Waals surface area (Å²) >= 11 is 0. The maximum atomic E-state index is 12.5. The van der Waals surface area contributed by atoms with Gasteiger partial charge in [-0.3, -0.25) is 4.98 Å². The largest absolute Gasteiger partial charge is 0.433 e. The van der Waals surface area contributed by atoms with E-state index in [2.05, 4.69) is 4.98 Å². The van der Waals surface area contributed by atoms with Gasteiger partial charge in [-0.15, -0.1) is 0 Å². The Kier molecular flexibility index (Phi) is 3.93. The van der Waals surface area contributed by atoms with Crippen LogP contribution in [0.1, 0.15) is 22.4 Å². The van der Waals surface area contributed by atoms with Crippen LogP contribution in [0, 0.1) is 6.42 Å². The van der Waals surface area contributed by atoms with E-state index in [4.69, 9.17) is 0 Å². The quantitative estimate of drug-likeness (QED) is 0.732. The lowest BCUT2D eigenvalue weighted by atomic mass is 10.0. The summed E-state index contributed by atoms with van der Waals surface area (Å²) in [7, 11) is 0. The van der Waals surface area contributed by atoms with Gasteiger partial charge >= 0.3 is 12.4 Å². The van der Waals surface area contributed by atoms with E-state index in [-0.39, 0.29) is 11.1 Å². The fourth-order valence-corrected chi connectivity index (χ4v) is 1.66. The maximum Gasteiger partial charge on any atom is 0.433 e. The average Bonchev–Trinajstić information content (AvgIpc) is 2.37. The van der Waals surface area contributed by atoms with Gasteiger partial charge in [-0.05, 0) is 23.3 Å². The van der Waals surface area contributed by atoms with Crippen molar-refractivity contribution in [1.82, 2.24) is 4.98 Å². The summed E-state index contributed by atoms with van der Waals surface area (Å²) in [5, 5.41) is 0. The number of rotatable bonds is 2. The Morgan fingerprint density at radius 1 is 0.810 bits per heavy atom. The van der Waals surface area contributed by atoms with Crippen molar-refractivity contribution >= 4 is 0 Å². The van der Waals surface area contributed by atoms with E-state index >= 15 is 0 Å². The molecule has 0 bridgehead atoms. The van der Waals surface area contributed by atoms with Crippen molar-refractivity contribution in [2.24, 2.45) is 0 Å². The highest BCUT2D eigenvalue weighted by Gasteiger charge is 2.32. The second kappa shape index (κ2) is 5.38. The molecule has 2 aromatic rings. The predicted molar refractivity (Wildman–Crippen MR) is 63.2 cm³/mol. The lowest BCUT2D eigenvalue weighted by molar-refractivity contribution is -0.141. The van der Waals surface area contributed by atoms with Gasteiger partial charge in [0.05, 0.1) is 5.56 Å². The molecule has 0 aliphatic heterocycles. The lowest BCUT2D eigenvalue weighted by Crippen LogP contribution is -2.07. The van der Waals surface area contributed by atoms with Gasteiger partial charge in [0.15, 0.2) is 0 Å². The Bertz CT molecular complexity index is 613. The number of benzene rings is 1. The first-order valence-electron chi connectivity index (χ1n) is 5.71. The molecule has 0 aliphatic rings. The van der Waals surface area contributed by atoms with E-state index in [1.54, 1.807) is 0 Å². The van der Waals surface area contributed by atoms with Crippen molar-refractivity contribution in [3.8, 4) is 0 Å². The first-order chi connectivity index (χ1) is 9.66. The second-order valence-electron chi connectivity index (χ2n) is 4.24. The molecule has 111 valence electrons. The number of aromatic nitrogens is 1. The van der Waals surface area contributed by atoms with Crippen LogP contribution in [0.5, 0.6) is 0 Å². The number of hydrogen-bond acceptors (Lipinski definition) is 1. The molecule has 0 unspecified atom stereocenters. The highest BCUT2D eigenvalue weighted by atomic mass is 19.4. The SMILES string of the molecule is FC(F)(F)c1cccc([CH]c2ccc(C(F)(F)F)nc2)c1. The van der Waals surface area contributed by atoms with Gasteiger partial charge in [0.25, 0.3) is 0 Å². The van der Waals surface area contributed by atoms with E-state index in [0.29, 0.717) is 0 Å². The van der Waals surface area contributed by atoms with Crippen molar-refractivity contribution in [2.75, 3.05) is 0 Å². The van der Waals surface area contributed by atoms with Crippen LogP contribution < -0.4 is 0 Å². The molecule has 1 nitrogen and oxygen atoms in total. The van der Waals surface area contributed by atoms with E-state index < -0.39 is 23.6 Å². The molecule has 0 spiro atoms. The molecule has 0 saturated carbocycles. The zero-order valence-corrected chi connectivity index (χ0v) is 10.3. The summed E-state index contributed by atoms with van der Waals surface area (Å²) < 4.78 is 74.6. The van der Waals surface area contributed by atoms with Crippen molar-refractivity contribution in [2.45, 2.75) is 12.4 Å². The normalized spacial score (nSPS) is 12.5. The van der Waals surface area contributed by atoms with Crippen molar-refractivity contribution in [3.63, 3.8) is 0 Å². The Balaban J connectivity index is 2.19. The van der Waals surface area contributed by atoms with Crippen molar-refractivity contribution in [1.29, 1.82) is 0 Å². The van der Waals surface area contributed by atoms with Crippen LogP contribution in [0.2, 0.25) is 0 Å². The Labute approximate surface area is 116 Å². The van der Waals surface area contributed by atoms with Gasteiger partial charge in [-0.2, -0.15) is 26.3 Å². The second-order valence-corrected chi connectivity index (χ2v) is 4.24. The lowest BCUT2D eigenvalue weighted by Gasteiger charge is -2.09. The van der Waals surface area contributed by atoms with Crippen molar-refractivity contribution < 1.29 is 26.3 Å².